The quantitative estimate of drug-likeness (QED) is 0.638. The number of benzene rings is 1. The van der Waals surface area contributed by atoms with E-state index in [1.165, 1.54) is 0 Å². The molecule has 0 heterocycles. The number of allylic oxidation sites excluding steroid dienone is 1. The summed E-state index contributed by atoms with van der Waals surface area (Å²) in [6.07, 6.45) is 3.11. The maximum Gasteiger partial charge on any atom is 0.122 e. The molecule has 0 amide bonds. The van der Waals surface area contributed by atoms with Crippen LogP contribution in [0.25, 0.3) is 5.76 Å². The van der Waals surface area contributed by atoms with Gasteiger partial charge in [0.1, 0.15) is 5.76 Å². The SMILES string of the molecule is CC/C=C(\OCC)c1ccccc1. The first kappa shape index (κ1) is 9.85. The van der Waals surface area contributed by atoms with Gasteiger partial charge in [0, 0.05) is 5.56 Å². The lowest BCUT2D eigenvalue weighted by Gasteiger charge is -2.07. The molecule has 0 aromatic heterocycles. The van der Waals surface area contributed by atoms with E-state index in [2.05, 4.69) is 25.1 Å². The van der Waals surface area contributed by atoms with Crippen LogP contribution in [0.2, 0.25) is 0 Å². The van der Waals surface area contributed by atoms with Gasteiger partial charge in [0.15, 0.2) is 0 Å². The Labute approximate surface area is 80.0 Å². The van der Waals surface area contributed by atoms with Crippen LogP contribution in [-0.2, 0) is 4.74 Å². The lowest BCUT2D eigenvalue weighted by atomic mass is 10.1. The smallest absolute Gasteiger partial charge is 0.122 e. The van der Waals surface area contributed by atoms with E-state index in [1.54, 1.807) is 0 Å². The van der Waals surface area contributed by atoms with E-state index in [0.29, 0.717) is 0 Å². The molecule has 0 N–H and O–H groups in total. The minimum atomic E-state index is 0.723. The van der Waals surface area contributed by atoms with E-state index in [1.807, 2.05) is 25.1 Å². The molecule has 0 aliphatic rings. The molecule has 70 valence electrons. The molecular weight excluding hydrogens is 160 g/mol. The Morgan fingerprint density at radius 2 is 1.92 bits per heavy atom. The van der Waals surface area contributed by atoms with Crippen LogP contribution in [0.15, 0.2) is 36.4 Å². The molecule has 0 aliphatic carbocycles. The lowest BCUT2D eigenvalue weighted by molar-refractivity contribution is 0.297. The predicted octanol–water partition coefficient (Wildman–Crippen LogP) is 3.47. The molecule has 1 nitrogen and oxygen atoms in total. The van der Waals surface area contributed by atoms with Crippen molar-refractivity contribution < 1.29 is 4.74 Å². The van der Waals surface area contributed by atoms with Crippen LogP contribution in [0, 0.1) is 0 Å². The van der Waals surface area contributed by atoms with Crippen molar-refractivity contribution in [3.05, 3.63) is 42.0 Å². The second-order valence-corrected chi connectivity index (χ2v) is 2.78. The van der Waals surface area contributed by atoms with E-state index in [0.717, 1.165) is 24.4 Å². The minimum Gasteiger partial charge on any atom is -0.494 e. The zero-order valence-corrected chi connectivity index (χ0v) is 8.29. The van der Waals surface area contributed by atoms with Crippen molar-refractivity contribution in [3.8, 4) is 0 Å². The standard InChI is InChI=1S/C12H16O/c1-3-8-12(13-4-2)11-9-6-5-7-10-11/h5-10H,3-4H2,1-2H3/b12-8-. The molecule has 0 bridgehead atoms. The van der Waals surface area contributed by atoms with Gasteiger partial charge in [-0.2, -0.15) is 0 Å². The second-order valence-electron chi connectivity index (χ2n) is 2.78. The maximum absolute atomic E-state index is 5.53. The number of hydrogen-bond acceptors (Lipinski definition) is 1. The highest BCUT2D eigenvalue weighted by Crippen LogP contribution is 2.15. The second kappa shape index (κ2) is 5.41. The summed E-state index contributed by atoms with van der Waals surface area (Å²) in [7, 11) is 0. The Morgan fingerprint density at radius 3 is 2.46 bits per heavy atom. The Hall–Kier alpha value is -1.24. The molecule has 1 heteroatoms. The Bertz CT molecular complexity index is 262. The van der Waals surface area contributed by atoms with E-state index >= 15 is 0 Å². The molecule has 13 heavy (non-hydrogen) atoms. The summed E-state index contributed by atoms with van der Waals surface area (Å²) in [5, 5.41) is 0. The van der Waals surface area contributed by atoms with Gasteiger partial charge in [0.05, 0.1) is 6.61 Å². The highest BCUT2D eigenvalue weighted by atomic mass is 16.5. The van der Waals surface area contributed by atoms with Crippen molar-refractivity contribution in [2.75, 3.05) is 6.61 Å². The zero-order chi connectivity index (χ0) is 9.52. The molecule has 0 unspecified atom stereocenters. The highest BCUT2D eigenvalue weighted by Gasteiger charge is 1.98. The van der Waals surface area contributed by atoms with Crippen LogP contribution < -0.4 is 0 Å². The largest absolute Gasteiger partial charge is 0.494 e. The molecule has 1 aromatic rings. The summed E-state index contributed by atoms with van der Waals surface area (Å²) in [6.45, 7) is 4.84. The molecule has 0 radical (unpaired) electrons. The molecule has 0 fully saturated rings. The maximum atomic E-state index is 5.53. The molecular formula is C12H16O. The van der Waals surface area contributed by atoms with Gasteiger partial charge in [-0.3, -0.25) is 0 Å². The third kappa shape index (κ3) is 2.94. The average Bonchev–Trinajstić information content (AvgIpc) is 2.19. The van der Waals surface area contributed by atoms with Gasteiger partial charge in [0.25, 0.3) is 0 Å². The fourth-order valence-electron chi connectivity index (χ4n) is 1.20. The first-order valence-electron chi connectivity index (χ1n) is 4.76. The van der Waals surface area contributed by atoms with E-state index in [-0.39, 0.29) is 0 Å². The molecule has 0 saturated carbocycles. The van der Waals surface area contributed by atoms with Crippen LogP contribution in [0.3, 0.4) is 0 Å². The molecule has 1 aromatic carbocycles. The Kier molecular flexibility index (Phi) is 4.10. The molecule has 1 rings (SSSR count). The van der Waals surface area contributed by atoms with Crippen LogP contribution in [0.4, 0.5) is 0 Å². The molecule has 0 atom stereocenters. The normalized spacial score (nSPS) is 11.4. The lowest BCUT2D eigenvalue weighted by Crippen LogP contribution is -1.90. The van der Waals surface area contributed by atoms with E-state index < -0.39 is 0 Å². The van der Waals surface area contributed by atoms with Gasteiger partial charge in [-0.25, -0.2) is 0 Å². The van der Waals surface area contributed by atoms with Crippen molar-refractivity contribution in [1.29, 1.82) is 0 Å². The molecule has 0 aliphatic heterocycles. The van der Waals surface area contributed by atoms with Crippen molar-refractivity contribution in [2.45, 2.75) is 20.3 Å². The first-order chi connectivity index (χ1) is 6.38. The number of rotatable bonds is 4. The van der Waals surface area contributed by atoms with Crippen LogP contribution >= 0.6 is 0 Å². The van der Waals surface area contributed by atoms with Crippen LogP contribution in [-0.4, -0.2) is 6.61 Å². The van der Waals surface area contributed by atoms with Crippen LogP contribution in [0.1, 0.15) is 25.8 Å². The van der Waals surface area contributed by atoms with Gasteiger partial charge in [-0.1, -0.05) is 37.3 Å². The van der Waals surface area contributed by atoms with Crippen molar-refractivity contribution >= 4 is 5.76 Å². The fourth-order valence-corrected chi connectivity index (χ4v) is 1.20. The summed E-state index contributed by atoms with van der Waals surface area (Å²) >= 11 is 0. The summed E-state index contributed by atoms with van der Waals surface area (Å²) in [5.41, 5.74) is 1.16. The van der Waals surface area contributed by atoms with Crippen LogP contribution in [0.5, 0.6) is 0 Å². The van der Waals surface area contributed by atoms with E-state index in [4.69, 9.17) is 4.74 Å². The van der Waals surface area contributed by atoms with Gasteiger partial charge in [-0.05, 0) is 19.4 Å². The van der Waals surface area contributed by atoms with Crippen molar-refractivity contribution in [2.24, 2.45) is 0 Å². The topological polar surface area (TPSA) is 9.23 Å². The Morgan fingerprint density at radius 1 is 1.23 bits per heavy atom. The highest BCUT2D eigenvalue weighted by molar-refractivity contribution is 5.59. The Balaban J connectivity index is 2.83. The summed E-state index contributed by atoms with van der Waals surface area (Å²) in [6, 6.07) is 10.2. The summed E-state index contributed by atoms with van der Waals surface area (Å²) in [4.78, 5) is 0. The van der Waals surface area contributed by atoms with Gasteiger partial charge in [-0.15, -0.1) is 0 Å². The predicted molar refractivity (Wildman–Crippen MR) is 56.3 cm³/mol. The minimum absolute atomic E-state index is 0.723. The third-order valence-electron chi connectivity index (χ3n) is 1.75. The third-order valence-corrected chi connectivity index (χ3v) is 1.75. The summed E-state index contributed by atoms with van der Waals surface area (Å²) in [5.74, 6) is 0.991. The number of ether oxygens (including phenoxy) is 1. The van der Waals surface area contributed by atoms with Gasteiger partial charge in [0.2, 0.25) is 0 Å². The number of hydrogen-bond donors (Lipinski definition) is 0. The molecule has 0 spiro atoms. The average molecular weight is 176 g/mol. The first-order valence-corrected chi connectivity index (χ1v) is 4.76. The fraction of sp³-hybridized carbons (Fsp3) is 0.333. The van der Waals surface area contributed by atoms with Gasteiger partial charge >= 0.3 is 0 Å². The summed E-state index contributed by atoms with van der Waals surface area (Å²) < 4.78 is 5.53. The molecule has 0 saturated heterocycles. The van der Waals surface area contributed by atoms with Crippen molar-refractivity contribution in [3.63, 3.8) is 0 Å². The van der Waals surface area contributed by atoms with E-state index in [9.17, 15) is 0 Å². The zero-order valence-electron chi connectivity index (χ0n) is 8.29. The monoisotopic (exact) mass is 176 g/mol. The van der Waals surface area contributed by atoms with Crippen molar-refractivity contribution in [1.82, 2.24) is 0 Å². The van der Waals surface area contributed by atoms with Gasteiger partial charge < -0.3 is 4.74 Å².